The molecule has 0 spiro atoms. The second-order valence-electron chi connectivity index (χ2n) is 9.68. The molecule has 0 aliphatic carbocycles. The van der Waals surface area contributed by atoms with Gasteiger partial charge in [-0.3, -0.25) is 0 Å². The largest absolute Gasteiger partial charge is 0.0776 e. The zero-order chi connectivity index (χ0) is 17.7. The van der Waals surface area contributed by atoms with Crippen LogP contribution in [0.3, 0.4) is 0 Å². The van der Waals surface area contributed by atoms with E-state index in [9.17, 15) is 0 Å². The van der Waals surface area contributed by atoms with Gasteiger partial charge in [0, 0.05) is 0 Å². The van der Waals surface area contributed by atoms with Crippen molar-refractivity contribution in [3.63, 3.8) is 0 Å². The minimum atomic E-state index is 0. The van der Waals surface area contributed by atoms with Gasteiger partial charge in [-0.25, -0.2) is 0 Å². The first-order chi connectivity index (χ1) is 9.25. The molecule has 24 heavy (non-hydrogen) atoms. The quantitative estimate of drug-likeness (QED) is 0.474. The summed E-state index contributed by atoms with van der Waals surface area (Å²) in [7, 11) is 0. The molecule has 0 saturated carbocycles. The minimum Gasteiger partial charge on any atom is -0.0776 e. The Morgan fingerprint density at radius 3 is 0.833 bits per heavy atom. The summed E-state index contributed by atoms with van der Waals surface area (Å²) >= 11 is 0. The Morgan fingerprint density at radius 2 is 0.833 bits per heavy atom. The molecule has 0 rings (SSSR count). The highest BCUT2D eigenvalue weighted by atomic mass is 14.3. The van der Waals surface area contributed by atoms with Gasteiger partial charge in [0.15, 0.2) is 0 Å². The van der Waals surface area contributed by atoms with E-state index in [4.69, 9.17) is 0 Å². The summed E-state index contributed by atoms with van der Waals surface area (Å²) in [6.07, 6.45) is 6.73. The van der Waals surface area contributed by atoms with Gasteiger partial charge in [0.1, 0.15) is 0 Å². The standard InChI is InChI=1S/C9H20.C7H16.C5H12.3CH4/c1-8(2,3)7-9(4,5)6;1-6(2)5-7(3)4;1-3-5-4-2;;;/h7H2,1-6H3;6-7H,5H2,1-4H3;3-5H2,1-2H3;3*1H4. The van der Waals surface area contributed by atoms with E-state index in [0.717, 1.165) is 11.8 Å². The predicted molar refractivity (Wildman–Crippen MR) is 123 cm³/mol. The lowest BCUT2D eigenvalue weighted by Gasteiger charge is -2.28. The molecule has 0 bridgehead atoms. The lowest BCUT2D eigenvalue weighted by Crippen LogP contribution is -2.16. The predicted octanol–water partition coefficient (Wildman–Crippen LogP) is 10.3. The highest BCUT2D eigenvalue weighted by Gasteiger charge is 2.20. The van der Waals surface area contributed by atoms with E-state index < -0.39 is 0 Å². The van der Waals surface area contributed by atoms with E-state index in [1.165, 1.54) is 32.1 Å². The summed E-state index contributed by atoms with van der Waals surface area (Å²) in [4.78, 5) is 0. The number of rotatable bonds is 4. The van der Waals surface area contributed by atoms with Crippen molar-refractivity contribution in [2.75, 3.05) is 0 Å². The van der Waals surface area contributed by atoms with Gasteiger partial charge in [0.2, 0.25) is 0 Å². The number of unbranched alkanes of at least 4 members (excludes halogenated alkanes) is 2. The average Bonchev–Trinajstić information content (AvgIpc) is 2.11. The minimum absolute atomic E-state index is 0. The molecule has 0 saturated heterocycles. The van der Waals surface area contributed by atoms with E-state index in [2.05, 4.69) is 83.1 Å². The second kappa shape index (κ2) is 21.0. The van der Waals surface area contributed by atoms with Crippen LogP contribution in [0.4, 0.5) is 0 Å². The third kappa shape index (κ3) is 67.4. The lowest BCUT2D eigenvalue weighted by molar-refractivity contribution is 0.233. The molecule has 0 fully saturated rings. The van der Waals surface area contributed by atoms with Gasteiger partial charge in [-0.2, -0.15) is 0 Å². The smallest absolute Gasteiger partial charge is 0.0378 e. The molecule has 0 aromatic rings. The van der Waals surface area contributed by atoms with Crippen LogP contribution in [0, 0.1) is 22.7 Å². The van der Waals surface area contributed by atoms with Gasteiger partial charge in [-0.1, -0.05) is 125 Å². The molecular formula is C24H60. The van der Waals surface area contributed by atoms with Crippen LogP contribution < -0.4 is 0 Å². The monoisotopic (exact) mass is 348 g/mol. The van der Waals surface area contributed by atoms with Crippen molar-refractivity contribution in [3.8, 4) is 0 Å². The van der Waals surface area contributed by atoms with Crippen LogP contribution in [0.1, 0.15) is 137 Å². The fraction of sp³-hybridized carbons (Fsp3) is 1.00. The Bertz CT molecular complexity index is 165. The summed E-state index contributed by atoms with van der Waals surface area (Å²) in [5, 5.41) is 0. The Hall–Kier alpha value is 0. The molecule has 156 valence electrons. The Balaban J connectivity index is -0.0000000494. The van der Waals surface area contributed by atoms with Gasteiger partial charge in [0.05, 0.1) is 0 Å². The molecule has 0 aliphatic rings. The summed E-state index contributed by atoms with van der Waals surface area (Å²) in [6.45, 7) is 27.2. The molecule has 0 atom stereocenters. The molecule has 0 nitrogen and oxygen atoms in total. The molecule has 0 heterocycles. The highest BCUT2D eigenvalue weighted by Crippen LogP contribution is 2.31. The zero-order valence-corrected chi connectivity index (χ0v) is 17.7. The molecule has 0 N–H and O–H groups in total. The van der Waals surface area contributed by atoms with Crippen LogP contribution in [-0.4, -0.2) is 0 Å². The topological polar surface area (TPSA) is 0 Å². The maximum absolute atomic E-state index is 2.29. The van der Waals surface area contributed by atoms with Crippen molar-refractivity contribution in [2.45, 2.75) is 137 Å². The average molecular weight is 349 g/mol. The van der Waals surface area contributed by atoms with Crippen LogP contribution in [0.5, 0.6) is 0 Å². The van der Waals surface area contributed by atoms with Crippen molar-refractivity contribution in [2.24, 2.45) is 22.7 Å². The Kier molecular flexibility index (Phi) is 34.4. The van der Waals surface area contributed by atoms with Crippen molar-refractivity contribution >= 4 is 0 Å². The van der Waals surface area contributed by atoms with Gasteiger partial charge >= 0.3 is 0 Å². The lowest BCUT2D eigenvalue weighted by atomic mass is 9.78. The van der Waals surface area contributed by atoms with Crippen LogP contribution in [0.25, 0.3) is 0 Å². The molecule has 0 radical (unpaired) electrons. The summed E-state index contributed by atoms with van der Waals surface area (Å²) < 4.78 is 0. The van der Waals surface area contributed by atoms with Crippen molar-refractivity contribution in [1.82, 2.24) is 0 Å². The Morgan fingerprint density at radius 1 is 0.583 bits per heavy atom. The normalized spacial score (nSPS) is 10.2. The third-order valence-corrected chi connectivity index (χ3v) is 2.71. The summed E-state index contributed by atoms with van der Waals surface area (Å²) in [5.41, 5.74) is 0.969. The van der Waals surface area contributed by atoms with E-state index in [1.54, 1.807) is 0 Å². The zero-order valence-electron chi connectivity index (χ0n) is 17.7. The van der Waals surface area contributed by atoms with E-state index in [1.807, 2.05) is 0 Å². The maximum Gasteiger partial charge on any atom is -0.0378 e. The molecule has 0 aromatic carbocycles. The van der Waals surface area contributed by atoms with E-state index >= 15 is 0 Å². The molecule has 0 heteroatoms. The van der Waals surface area contributed by atoms with Crippen molar-refractivity contribution in [3.05, 3.63) is 0 Å². The molecular weight excluding hydrogens is 288 g/mol. The van der Waals surface area contributed by atoms with Gasteiger partial charge in [0.25, 0.3) is 0 Å². The molecule has 0 aromatic heterocycles. The van der Waals surface area contributed by atoms with Crippen LogP contribution >= 0.6 is 0 Å². The Labute approximate surface area is 160 Å². The van der Waals surface area contributed by atoms with E-state index in [-0.39, 0.29) is 22.3 Å². The van der Waals surface area contributed by atoms with Crippen LogP contribution in [0.2, 0.25) is 0 Å². The maximum atomic E-state index is 2.29. The van der Waals surface area contributed by atoms with Crippen LogP contribution in [0.15, 0.2) is 0 Å². The first-order valence-corrected chi connectivity index (χ1v) is 9.25. The fourth-order valence-electron chi connectivity index (χ4n) is 2.89. The third-order valence-electron chi connectivity index (χ3n) is 2.71. The van der Waals surface area contributed by atoms with Crippen LogP contribution in [-0.2, 0) is 0 Å². The molecule has 0 aliphatic heterocycles. The molecule has 0 amide bonds. The number of hydrogen-bond acceptors (Lipinski definition) is 0. The van der Waals surface area contributed by atoms with Gasteiger partial charge in [-0.05, 0) is 35.5 Å². The van der Waals surface area contributed by atoms with Gasteiger partial charge < -0.3 is 0 Å². The van der Waals surface area contributed by atoms with Gasteiger partial charge in [-0.15, -0.1) is 0 Å². The van der Waals surface area contributed by atoms with E-state index in [0.29, 0.717) is 10.8 Å². The molecule has 0 unspecified atom stereocenters. The number of hydrogen-bond donors (Lipinski definition) is 0. The first-order valence-electron chi connectivity index (χ1n) is 9.25. The van der Waals surface area contributed by atoms with Crippen molar-refractivity contribution in [1.29, 1.82) is 0 Å². The fourth-order valence-corrected chi connectivity index (χ4v) is 2.89. The SMILES string of the molecule is C.C.C.CC(C)(C)CC(C)(C)C.CC(C)CC(C)C.CCCCC. The highest BCUT2D eigenvalue weighted by molar-refractivity contribution is 4.71. The second-order valence-corrected chi connectivity index (χ2v) is 9.68. The van der Waals surface area contributed by atoms with Crippen molar-refractivity contribution < 1.29 is 0 Å². The summed E-state index contributed by atoms with van der Waals surface area (Å²) in [6, 6.07) is 0. The summed E-state index contributed by atoms with van der Waals surface area (Å²) in [5.74, 6) is 1.75. The first kappa shape index (κ1) is 39.2.